The average molecular weight is 330 g/mol. The van der Waals surface area contributed by atoms with Crippen LogP contribution < -0.4 is 10.2 Å². The Morgan fingerprint density at radius 2 is 2.21 bits per heavy atom. The number of aromatic nitrogens is 1. The van der Waals surface area contributed by atoms with Crippen molar-refractivity contribution in [3.63, 3.8) is 0 Å². The molecule has 1 heterocycles. The topological polar surface area (TPSA) is 127 Å². The van der Waals surface area contributed by atoms with Crippen LogP contribution in [0.25, 0.3) is 0 Å². The van der Waals surface area contributed by atoms with Gasteiger partial charge in [0.1, 0.15) is 0 Å². The molecule has 0 bridgehead atoms. The number of methoxy groups -OCH3 is 1. The summed E-state index contributed by atoms with van der Waals surface area (Å²) in [5.41, 5.74) is 3.14. The number of nitro groups is 1. The highest BCUT2D eigenvalue weighted by atomic mass is 16.6. The molecular weight excluding hydrogens is 316 g/mol. The van der Waals surface area contributed by atoms with Crippen LogP contribution in [0.5, 0.6) is 11.5 Å². The van der Waals surface area contributed by atoms with Crippen molar-refractivity contribution in [2.24, 2.45) is 5.10 Å². The molecule has 0 radical (unpaired) electrons. The third-order valence-electron chi connectivity index (χ3n) is 3.05. The second-order valence-electron chi connectivity index (χ2n) is 4.74. The Bertz CT molecular complexity index is 802. The van der Waals surface area contributed by atoms with E-state index in [4.69, 9.17) is 4.74 Å². The maximum absolute atomic E-state index is 11.9. The van der Waals surface area contributed by atoms with Crippen LogP contribution in [0.2, 0.25) is 0 Å². The minimum Gasteiger partial charge on any atom is -0.500 e. The molecule has 0 fully saturated rings. The van der Waals surface area contributed by atoms with E-state index in [0.29, 0.717) is 5.56 Å². The number of phenols is 1. The van der Waals surface area contributed by atoms with Crippen LogP contribution in [0.3, 0.4) is 0 Å². The summed E-state index contributed by atoms with van der Waals surface area (Å²) < 4.78 is 4.87. The van der Waals surface area contributed by atoms with Crippen molar-refractivity contribution in [1.29, 1.82) is 0 Å². The highest BCUT2D eigenvalue weighted by Gasteiger charge is 2.19. The van der Waals surface area contributed by atoms with Gasteiger partial charge in [-0.15, -0.1) is 0 Å². The third kappa shape index (κ3) is 3.83. The Kier molecular flexibility index (Phi) is 5.05. The van der Waals surface area contributed by atoms with Gasteiger partial charge in [0.2, 0.25) is 5.75 Å². The molecule has 1 amide bonds. The fraction of sp³-hybridized carbons (Fsp3) is 0.133. The van der Waals surface area contributed by atoms with Gasteiger partial charge in [-0.1, -0.05) is 0 Å². The highest BCUT2D eigenvalue weighted by molar-refractivity contribution is 5.94. The number of ether oxygens (including phenoxy) is 1. The number of nitro benzene ring substituents is 1. The first-order valence-electron chi connectivity index (χ1n) is 6.74. The number of pyridine rings is 1. The summed E-state index contributed by atoms with van der Waals surface area (Å²) in [5.74, 6) is -1.12. The Morgan fingerprint density at radius 1 is 1.46 bits per heavy atom. The molecule has 0 atom stereocenters. The zero-order valence-electron chi connectivity index (χ0n) is 12.9. The maximum atomic E-state index is 11.9. The van der Waals surface area contributed by atoms with Gasteiger partial charge in [0, 0.05) is 23.5 Å². The van der Waals surface area contributed by atoms with Crippen LogP contribution in [0.4, 0.5) is 5.69 Å². The van der Waals surface area contributed by atoms with E-state index in [-0.39, 0.29) is 11.3 Å². The number of nitrogens with one attached hydrogen (secondary N) is 1. The van der Waals surface area contributed by atoms with Crippen molar-refractivity contribution in [3.8, 4) is 11.5 Å². The number of amides is 1. The van der Waals surface area contributed by atoms with Gasteiger partial charge < -0.3 is 9.84 Å². The first-order valence-corrected chi connectivity index (χ1v) is 6.74. The molecule has 0 unspecified atom stereocenters. The van der Waals surface area contributed by atoms with Gasteiger partial charge in [0.25, 0.3) is 5.91 Å². The van der Waals surface area contributed by atoms with E-state index in [9.17, 15) is 20.0 Å². The van der Waals surface area contributed by atoms with Crippen molar-refractivity contribution in [3.05, 3.63) is 57.4 Å². The minimum absolute atomic E-state index is 0.0697. The van der Waals surface area contributed by atoms with Crippen molar-refractivity contribution >= 4 is 17.8 Å². The lowest BCUT2D eigenvalue weighted by molar-refractivity contribution is -0.386. The molecule has 9 nitrogen and oxygen atoms in total. The molecule has 2 N–H and O–H groups in total. The summed E-state index contributed by atoms with van der Waals surface area (Å²) in [6, 6.07) is 5.75. The number of carbonyl (C=O) groups is 1. The zero-order valence-corrected chi connectivity index (χ0v) is 12.9. The normalized spacial score (nSPS) is 10.6. The van der Waals surface area contributed by atoms with Crippen LogP contribution in [0.15, 0.2) is 35.6 Å². The second kappa shape index (κ2) is 7.18. The molecule has 2 rings (SSSR count). The second-order valence-corrected chi connectivity index (χ2v) is 4.74. The molecule has 0 saturated heterocycles. The molecule has 1 aromatic heterocycles. The molecule has 24 heavy (non-hydrogen) atoms. The van der Waals surface area contributed by atoms with Crippen LogP contribution >= 0.6 is 0 Å². The SMILES string of the molecule is COc1cc(/C=N\NC(=O)c2ccc(C)nc2)cc([N+](=O)[O-])c1O. The van der Waals surface area contributed by atoms with E-state index < -0.39 is 22.3 Å². The third-order valence-corrected chi connectivity index (χ3v) is 3.05. The molecule has 0 saturated carbocycles. The molecule has 124 valence electrons. The maximum Gasteiger partial charge on any atom is 0.315 e. The van der Waals surface area contributed by atoms with Gasteiger partial charge in [0.15, 0.2) is 5.75 Å². The summed E-state index contributed by atoms with van der Waals surface area (Å²) in [6.45, 7) is 1.80. The predicted octanol–water partition coefficient (Wildman–Crippen LogP) is 1.78. The Hall–Kier alpha value is -3.49. The van der Waals surface area contributed by atoms with Crippen molar-refractivity contribution in [1.82, 2.24) is 10.4 Å². The Morgan fingerprint density at radius 3 is 2.79 bits per heavy atom. The summed E-state index contributed by atoms with van der Waals surface area (Å²) in [7, 11) is 1.27. The largest absolute Gasteiger partial charge is 0.500 e. The summed E-state index contributed by atoms with van der Waals surface area (Å²) in [5, 5.41) is 24.3. The molecular formula is C15H14N4O5. The van der Waals surface area contributed by atoms with Gasteiger partial charge in [-0.05, 0) is 25.1 Å². The number of hydrazone groups is 1. The van der Waals surface area contributed by atoms with Crippen molar-refractivity contribution < 1.29 is 19.6 Å². The van der Waals surface area contributed by atoms with Crippen molar-refractivity contribution in [2.45, 2.75) is 6.92 Å². The summed E-state index contributed by atoms with van der Waals surface area (Å²) >= 11 is 0. The number of aryl methyl sites for hydroxylation is 1. The van der Waals surface area contributed by atoms with E-state index in [0.717, 1.165) is 11.8 Å². The fourth-order valence-electron chi connectivity index (χ4n) is 1.82. The number of carbonyl (C=O) groups excluding carboxylic acids is 1. The quantitative estimate of drug-likeness (QED) is 0.488. The first-order chi connectivity index (χ1) is 11.4. The molecule has 0 aliphatic heterocycles. The molecule has 0 spiro atoms. The minimum atomic E-state index is -0.744. The lowest BCUT2D eigenvalue weighted by Gasteiger charge is -2.05. The van der Waals surface area contributed by atoms with Gasteiger partial charge in [-0.2, -0.15) is 5.10 Å². The molecule has 0 aliphatic rings. The van der Waals surface area contributed by atoms with Gasteiger partial charge in [-0.25, -0.2) is 5.43 Å². The Balaban J connectivity index is 2.16. The number of hydrogen-bond donors (Lipinski definition) is 2. The van der Waals surface area contributed by atoms with E-state index in [2.05, 4.69) is 15.5 Å². The molecule has 0 aliphatic carbocycles. The predicted molar refractivity (Wildman–Crippen MR) is 85.3 cm³/mol. The standard InChI is InChI=1S/C15H14N4O5/c1-9-3-4-11(8-16-9)15(21)18-17-7-10-5-12(19(22)23)14(20)13(6-10)24-2/h3-8,20H,1-2H3,(H,18,21)/b17-7-. The lowest BCUT2D eigenvalue weighted by atomic mass is 10.2. The highest BCUT2D eigenvalue weighted by Crippen LogP contribution is 2.36. The van der Waals surface area contributed by atoms with Gasteiger partial charge >= 0.3 is 5.69 Å². The van der Waals surface area contributed by atoms with Crippen LogP contribution in [0, 0.1) is 17.0 Å². The zero-order chi connectivity index (χ0) is 17.7. The van der Waals surface area contributed by atoms with E-state index in [1.54, 1.807) is 19.1 Å². The molecule has 9 heteroatoms. The number of phenolic OH excluding ortho intramolecular Hbond substituents is 1. The first kappa shape index (κ1) is 16.9. The average Bonchev–Trinajstić information content (AvgIpc) is 2.56. The number of benzene rings is 1. The van der Waals surface area contributed by atoms with Crippen LogP contribution in [0.1, 0.15) is 21.6 Å². The monoisotopic (exact) mass is 330 g/mol. The summed E-state index contributed by atoms with van der Waals surface area (Å²) in [6.07, 6.45) is 2.61. The lowest BCUT2D eigenvalue weighted by Crippen LogP contribution is -2.17. The molecule has 1 aromatic carbocycles. The number of rotatable bonds is 5. The van der Waals surface area contributed by atoms with Crippen LogP contribution in [-0.4, -0.2) is 34.2 Å². The number of aromatic hydroxyl groups is 1. The fourth-order valence-corrected chi connectivity index (χ4v) is 1.82. The van der Waals surface area contributed by atoms with Gasteiger partial charge in [-0.3, -0.25) is 19.9 Å². The number of nitrogens with zero attached hydrogens (tertiary/aromatic N) is 3. The van der Waals surface area contributed by atoms with Crippen molar-refractivity contribution in [2.75, 3.05) is 7.11 Å². The van der Waals surface area contributed by atoms with Gasteiger partial charge in [0.05, 0.1) is 23.8 Å². The summed E-state index contributed by atoms with van der Waals surface area (Å²) in [4.78, 5) is 26.0. The van der Waals surface area contributed by atoms with E-state index in [1.165, 1.54) is 25.6 Å². The Labute approximate surface area is 136 Å². The van der Waals surface area contributed by atoms with E-state index in [1.807, 2.05) is 0 Å². The molecule has 2 aromatic rings. The number of hydrogen-bond acceptors (Lipinski definition) is 7. The van der Waals surface area contributed by atoms with E-state index >= 15 is 0 Å². The smallest absolute Gasteiger partial charge is 0.315 e. The van der Waals surface area contributed by atoms with Crippen LogP contribution in [-0.2, 0) is 0 Å².